The van der Waals surface area contributed by atoms with Crippen LogP contribution >= 0.6 is 11.6 Å². The van der Waals surface area contributed by atoms with Gasteiger partial charge in [0.05, 0.1) is 19.5 Å². The molecule has 34 heavy (non-hydrogen) atoms. The van der Waals surface area contributed by atoms with Crippen LogP contribution in [0.2, 0.25) is 5.15 Å². The Morgan fingerprint density at radius 3 is 2.24 bits per heavy atom. The van der Waals surface area contributed by atoms with Crippen LogP contribution in [0.3, 0.4) is 0 Å². The predicted molar refractivity (Wildman–Crippen MR) is 125 cm³/mol. The molecule has 2 aromatic carbocycles. The van der Waals surface area contributed by atoms with Crippen LogP contribution in [0.25, 0.3) is 11.2 Å². The lowest BCUT2D eigenvalue weighted by atomic mass is 10.1. The van der Waals surface area contributed by atoms with Crippen molar-refractivity contribution in [3.8, 4) is 0 Å². The van der Waals surface area contributed by atoms with E-state index >= 15 is 0 Å². The van der Waals surface area contributed by atoms with Crippen LogP contribution in [0, 0.1) is 0 Å². The number of hydrogen-bond acceptors (Lipinski definition) is 7. The third-order valence-corrected chi connectivity index (χ3v) is 5.68. The van der Waals surface area contributed by atoms with Crippen molar-refractivity contribution >= 4 is 28.7 Å². The second-order valence-corrected chi connectivity index (χ2v) is 8.05. The number of benzene rings is 2. The smallest absolute Gasteiger partial charge is 0.343 e. The van der Waals surface area contributed by atoms with Gasteiger partial charge in [0, 0.05) is 6.54 Å². The summed E-state index contributed by atoms with van der Waals surface area (Å²) in [7, 11) is 0. The van der Waals surface area contributed by atoms with Crippen molar-refractivity contribution in [3.63, 3.8) is 0 Å². The third kappa shape index (κ3) is 4.84. The van der Waals surface area contributed by atoms with E-state index in [2.05, 4.69) is 15.0 Å². The van der Waals surface area contributed by atoms with E-state index in [-0.39, 0.29) is 6.61 Å². The number of allylic oxidation sites excluding steroid dienone is 1. The Morgan fingerprint density at radius 2 is 1.56 bits per heavy atom. The van der Waals surface area contributed by atoms with E-state index in [1.165, 1.54) is 6.33 Å². The van der Waals surface area contributed by atoms with E-state index < -0.39 is 18.2 Å². The summed E-state index contributed by atoms with van der Waals surface area (Å²) in [5, 5.41) is 0.297. The molecule has 1 fully saturated rings. The number of hydrogen-bond donors (Lipinski definition) is 0. The largest absolute Gasteiger partial charge is 0.426 e. The topological polar surface area (TPSA) is 88.4 Å². The van der Waals surface area contributed by atoms with E-state index in [0.717, 1.165) is 11.1 Å². The average Bonchev–Trinajstić information content (AvgIpc) is 3.42. The van der Waals surface area contributed by atoms with Crippen molar-refractivity contribution < 1.29 is 19.0 Å². The number of ether oxygens (including phenoxy) is 3. The quantitative estimate of drug-likeness (QED) is 0.279. The summed E-state index contributed by atoms with van der Waals surface area (Å²) in [5.74, 6) is -0.106. The molecule has 0 bridgehead atoms. The molecule has 0 saturated carbocycles. The number of carbonyl (C=O) groups is 1. The first-order chi connectivity index (χ1) is 16.7. The zero-order chi connectivity index (χ0) is 23.3. The molecule has 0 amide bonds. The lowest BCUT2D eigenvalue weighted by molar-refractivity contribution is -0.149. The molecule has 1 saturated heterocycles. The van der Waals surface area contributed by atoms with Crippen LogP contribution in [0.1, 0.15) is 11.1 Å². The van der Waals surface area contributed by atoms with E-state index in [4.69, 9.17) is 25.8 Å². The summed E-state index contributed by atoms with van der Waals surface area (Å²) in [6.45, 7) is 0.902. The van der Waals surface area contributed by atoms with Crippen molar-refractivity contribution in [2.24, 2.45) is 0 Å². The minimum atomic E-state index is -0.887. The van der Waals surface area contributed by atoms with Crippen molar-refractivity contribution in [2.45, 2.75) is 32.0 Å². The number of nitrogens with zero attached hydrogens (tertiary/aromatic N) is 4. The van der Waals surface area contributed by atoms with Gasteiger partial charge < -0.3 is 18.8 Å². The SMILES string of the molecule is O=C1O/C(=C/Cn2cnc3ncnc(Cl)c32)C(OCc2ccccc2)C1OCc1ccccc1. The van der Waals surface area contributed by atoms with E-state index in [1.54, 1.807) is 17.0 Å². The second-order valence-electron chi connectivity index (χ2n) is 7.70. The first-order valence-electron chi connectivity index (χ1n) is 10.7. The molecule has 0 spiro atoms. The van der Waals surface area contributed by atoms with Crippen LogP contribution in [0.5, 0.6) is 0 Å². The second kappa shape index (κ2) is 10.1. The van der Waals surface area contributed by atoms with Crippen molar-refractivity contribution in [3.05, 3.63) is 101 Å². The molecule has 0 N–H and O–H groups in total. The molecular weight excluding hydrogens is 456 g/mol. The summed E-state index contributed by atoms with van der Waals surface area (Å²) < 4.78 is 19.5. The lowest BCUT2D eigenvalue weighted by Crippen LogP contribution is -2.32. The maximum Gasteiger partial charge on any atom is 0.343 e. The fourth-order valence-electron chi connectivity index (χ4n) is 3.71. The number of cyclic esters (lactones) is 1. The third-order valence-electron chi connectivity index (χ3n) is 5.41. The minimum Gasteiger partial charge on any atom is -0.426 e. The van der Waals surface area contributed by atoms with Gasteiger partial charge in [-0.15, -0.1) is 0 Å². The van der Waals surface area contributed by atoms with Gasteiger partial charge in [0.1, 0.15) is 17.6 Å². The Kier molecular flexibility index (Phi) is 6.62. The number of halogens is 1. The molecule has 2 unspecified atom stereocenters. The standard InChI is InChI=1S/C25H21ClN4O4/c26-23-20-24(28-15-27-23)29-16-30(20)12-11-19-21(32-13-17-7-3-1-4-8-17)22(25(31)34-19)33-14-18-9-5-2-6-10-18/h1-11,15-16,21-22H,12-14H2/b19-11+. The summed E-state index contributed by atoms with van der Waals surface area (Å²) in [6, 6.07) is 19.4. The highest BCUT2D eigenvalue weighted by molar-refractivity contribution is 6.33. The Labute approximate surface area is 200 Å². The molecule has 1 aliphatic heterocycles. The number of imidazole rings is 1. The zero-order valence-electron chi connectivity index (χ0n) is 18.1. The van der Waals surface area contributed by atoms with Crippen molar-refractivity contribution in [1.29, 1.82) is 0 Å². The van der Waals surface area contributed by atoms with Gasteiger partial charge in [-0.3, -0.25) is 0 Å². The van der Waals surface area contributed by atoms with E-state index in [0.29, 0.717) is 35.2 Å². The van der Waals surface area contributed by atoms with Crippen LogP contribution < -0.4 is 0 Å². The molecule has 4 aromatic rings. The number of rotatable bonds is 8. The monoisotopic (exact) mass is 476 g/mol. The minimum absolute atomic E-state index is 0.262. The van der Waals surface area contributed by atoms with Gasteiger partial charge in [-0.1, -0.05) is 72.3 Å². The average molecular weight is 477 g/mol. The molecule has 5 rings (SSSR count). The van der Waals surface area contributed by atoms with Crippen molar-refractivity contribution in [2.75, 3.05) is 0 Å². The lowest BCUT2D eigenvalue weighted by Gasteiger charge is -2.18. The van der Waals surface area contributed by atoms with Crippen LogP contribution in [0.15, 0.2) is 85.2 Å². The van der Waals surface area contributed by atoms with Crippen LogP contribution in [0.4, 0.5) is 0 Å². The highest BCUT2D eigenvalue weighted by Crippen LogP contribution is 2.28. The predicted octanol–water partition coefficient (Wildman–Crippen LogP) is 4.09. The molecule has 0 aliphatic carbocycles. The molecule has 1 aliphatic rings. The fourth-order valence-corrected chi connectivity index (χ4v) is 3.94. The van der Waals surface area contributed by atoms with Gasteiger partial charge >= 0.3 is 5.97 Å². The number of aromatic nitrogens is 4. The maximum atomic E-state index is 12.7. The van der Waals surface area contributed by atoms with Gasteiger partial charge in [0.2, 0.25) is 0 Å². The Balaban J connectivity index is 1.37. The zero-order valence-corrected chi connectivity index (χ0v) is 18.8. The molecule has 9 heteroatoms. The van der Waals surface area contributed by atoms with Gasteiger partial charge in [-0.05, 0) is 17.2 Å². The van der Waals surface area contributed by atoms with Crippen molar-refractivity contribution in [1.82, 2.24) is 19.5 Å². The van der Waals surface area contributed by atoms with Crippen LogP contribution in [-0.2, 0) is 38.8 Å². The highest BCUT2D eigenvalue weighted by atomic mass is 35.5. The Morgan fingerprint density at radius 1 is 0.912 bits per heavy atom. The summed E-state index contributed by atoms with van der Waals surface area (Å²) in [6.07, 6.45) is 3.16. The number of esters is 1. The summed E-state index contributed by atoms with van der Waals surface area (Å²) in [5.41, 5.74) is 3.02. The molecule has 2 aromatic heterocycles. The van der Waals surface area contributed by atoms with Gasteiger partial charge in [-0.2, -0.15) is 0 Å². The van der Waals surface area contributed by atoms with Gasteiger partial charge in [-0.25, -0.2) is 19.7 Å². The fraction of sp³-hybridized carbons (Fsp3) is 0.200. The Hall–Kier alpha value is -3.59. The number of carbonyl (C=O) groups excluding carboxylic acids is 1. The maximum absolute atomic E-state index is 12.7. The first kappa shape index (κ1) is 22.2. The highest BCUT2D eigenvalue weighted by Gasteiger charge is 2.43. The molecule has 0 radical (unpaired) electrons. The van der Waals surface area contributed by atoms with Crippen LogP contribution in [-0.4, -0.2) is 37.7 Å². The van der Waals surface area contributed by atoms with Gasteiger partial charge in [0.25, 0.3) is 0 Å². The normalized spacial score (nSPS) is 19.1. The molecular formula is C25H21ClN4O4. The molecule has 172 valence electrons. The van der Waals surface area contributed by atoms with E-state index in [1.807, 2.05) is 60.7 Å². The Bertz CT molecular complexity index is 1310. The van der Waals surface area contributed by atoms with Gasteiger partial charge in [0.15, 0.2) is 23.0 Å². The molecule has 8 nitrogen and oxygen atoms in total. The summed E-state index contributed by atoms with van der Waals surface area (Å²) in [4.78, 5) is 25.1. The molecule has 2 atom stereocenters. The van der Waals surface area contributed by atoms with E-state index in [9.17, 15) is 4.79 Å². The number of fused-ring (bicyclic) bond motifs is 1. The summed E-state index contributed by atoms with van der Waals surface area (Å²) >= 11 is 6.23. The molecule has 3 heterocycles. The first-order valence-corrected chi connectivity index (χ1v) is 11.1.